The number of alkyl halides is 3. The zero-order valence-corrected chi connectivity index (χ0v) is 19.2. The first kappa shape index (κ1) is 24.7. The van der Waals surface area contributed by atoms with Crippen molar-refractivity contribution in [1.82, 2.24) is 0 Å². The fraction of sp³-hybridized carbons (Fsp3) is 0.250. The van der Waals surface area contributed by atoms with Crippen LogP contribution in [0.1, 0.15) is 27.8 Å². The monoisotopic (exact) mass is 480 g/mol. The van der Waals surface area contributed by atoms with Gasteiger partial charge >= 0.3 is 6.18 Å². The van der Waals surface area contributed by atoms with Crippen LogP contribution in [0.2, 0.25) is 0 Å². The first-order valence-corrected chi connectivity index (χ1v) is 12.3. The lowest BCUT2D eigenvalue weighted by atomic mass is 9.95. The summed E-state index contributed by atoms with van der Waals surface area (Å²) in [6.45, 7) is 5.01. The molecule has 0 aliphatic rings. The van der Waals surface area contributed by atoms with Gasteiger partial charge < -0.3 is 19.5 Å². The normalized spacial score (nSPS) is 13.4. The van der Waals surface area contributed by atoms with Crippen molar-refractivity contribution in [3.63, 3.8) is 0 Å². The third-order valence-electron chi connectivity index (χ3n) is 4.93. The van der Waals surface area contributed by atoms with Gasteiger partial charge in [-0.3, -0.25) is 4.57 Å². The van der Waals surface area contributed by atoms with Crippen LogP contribution in [0.5, 0.6) is 23.0 Å². The fourth-order valence-corrected chi connectivity index (χ4v) is 3.72. The Bertz CT molecular complexity index is 1180. The molecule has 0 bridgehead atoms. The molecule has 3 rings (SSSR count). The minimum Gasteiger partial charge on any atom is -0.504 e. The molecule has 0 aliphatic carbocycles. The molecule has 0 saturated heterocycles. The van der Waals surface area contributed by atoms with Gasteiger partial charge in [0.2, 0.25) is 7.37 Å². The maximum Gasteiger partial charge on any atom is 0.416 e. The minimum absolute atomic E-state index is 0.0387. The molecule has 3 aromatic rings. The Morgan fingerprint density at radius 3 is 2.24 bits per heavy atom. The smallest absolute Gasteiger partial charge is 0.416 e. The molecular formula is C24H24F3O5P. The van der Waals surface area contributed by atoms with Crippen molar-refractivity contribution >= 4 is 7.37 Å². The SMILES string of the molecule is Cc1cc(OCP(C)(=O)O)cc(C)c1Cc1ccc(O)c(Oc2cccc(C(F)(F)F)c2)c1. The molecule has 1 unspecified atom stereocenters. The lowest BCUT2D eigenvalue weighted by Gasteiger charge is -2.16. The third-order valence-corrected chi connectivity index (χ3v) is 5.54. The highest BCUT2D eigenvalue weighted by Gasteiger charge is 2.30. The van der Waals surface area contributed by atoms with E-state index in [1.165, 1.54) is 24.9 Å². The van der Waals surface area contributed by atoms with Crippen LogP contribution in [0, 0.1) is 13.8 Å². The van der Waals surface area contributed by atoms with Gasteiger partial charge in [0.15, 0.2) is 17.8 Å². The Kier molecular flexibility index (Phi) is 7.10. The van der Waals surface area contributed by atoms with Crippen molar-refractivity contribution in [1.29, 1.82) is 0 Å². The van der Waals surface area contributed by atoms with E-state index >= 15 is 0 Å². The zero-order valence-electron chi connectivity index (χ0n) is 18.3. The van der Waals surface area contributed by atoms with Crippen LogP contribution in [-0.4, -0.2) is 23.0 Å². The van der Waals surface area contributed by atoms with Crippen molar-refractivity contribution in [2.24, 2.45) is 0 Å². The number of ether oxygens (including phenoxy) is 2. The molecule has 0 fully saturated rings. The molecule has 0 aliphatic heterocycles. The third kappa shape index (κ3) is 6.76. The highest BCUT2D eigenvalue weighted by Crippen LogP contribution is 2.37. The average Bonchev–Trinajstić information content (AvgIpc) is 2.70. The minimum atomic E-state index is -4.50. The quantitative estimate of drug-likeness (QED) is 0.371. The Morgan fingerprint density at radius 2 is 1.64 bits per heavy atom. The van der Waals surface area contributed by atoms with Gasteiger partial charge in [-0.25, -0.2) is 0 Å². The van der Waals surface area contributed by atoms with Crippen LogP contribution < -0.4 is 9.47 Å². The van der Waals surface area contributed by atoms with Crippen LogP contribution >= 0.6 is 7.37 Å². The molecule has 9 heteroatoms. The maximum absolute atomic E-state index is 13.0. The van der Waals surface area contributed by atoms with Gasteiger partial charge in [-0.05, 0) is 85.0 Å². The first-order valence-electron chi connectivity index (χ1n) is 10.0. The van der Waals surface area contributed by atoms with Crippen molar-refractivity contribution in [2.75, 3.05) is 13.0 Å². The molecule has 176 valence electrons. The number of hydrogen-bond donors (Lipinski definition) is 2. The molecule has 5 nitrogen and oxygen atoms in total. The number of aromatic hydroxyl groups is 1. The second kappa shape index (κ2) is 9.49. The Balaban J connectivity index is 1.82. The van der Waals surface area contributed by atoms with E-state index in [0.29, 0.717) is 12.2 Å². The summed E-state index contributed by atoms with van der Waals surface area (Å²) < 4.78 is 61.3. The molecule has 0 saturated carbocycles. The largest absolute Gasteiger partial charge is 0.504 e. The topological polar surface area (TPSA) is 76.0 Å². The summed E-state index contributed by atoms with van der Waals surface area (Å²) in [4.78, 5) is 9.42. The summed E-state index contributed by atoms with van der Waals surface area (Å²) in [5, 5.41) is 10.2. The summed E-state index contributed by atoms with van der Waals surface area (Å²) in [7, 11) is -3.30. The summed E-state index contributed by atoms with van der Waals surface area (Å²) in [6, 6.07) is 12.7. The number of rotatable bonds is 7. The van der Waals surface area contributed by atoms with Crippen LogP contribution in [-0.2, 0) is 17.2 Å². The highest BCUT2D eigenvalue weighted by atomic mass is 31.2. The maximum atomic E-state index is 13.0. The van der Waals surface area contributed by atoms with Gasteiger partial charge in [0.1, 0.15) is 11.5 Å². The van der Waals surface area contributed by atoms with E-state index in [1.807, 2.05) is 13.8 Å². The number of halogens is 3. The molecular weight excluding hydrogens is 456 g/mol. The summed E-state index contributed by atoms with van der Waals surface area (Å²) in [5.41, 5.74) is 2.74. The van der Waals surface area contributed by atoms with Crippen LogP contribution in [0.15, 0.2) is 54.6 Å². The Hall–Kier alpha value is -2.96. The molecule has 1 atom stereocenters. The predicted molar refractivity (Wildman–Crippen MR) is 120 cm³/mol. The second-order valence-corrected chi connectivity index (χ2v) is 10.3. The van der Waals surface area contributed by atoms with E-state index in [0.717, 1.165) is 34.4 Å². The van der Waals surface area contributed by atoms with E-state index in [2.05, 4.69) is 0 Å². The first-order chi connectivity index (χ1) is 15.3. The summed E-state index contributed by atoms with van der Waals surface area (Å²) in [6.07, 6.45) is -4.30. The van der Waals surface area contributed by atoms with Gasteiger partial charge in [0, 0.05) is 6.66 Å². The van der Waals surface area contributed by atoms with Crippen molar-refractivity contribution in [3.05, 3.63) is 82.4 Å². The predicted octanol–water partition coefficient (Wildman–Crippen LogP) is 6.65. The Labute approximate surface area is 189 Å². The van der Waals surface area contributed by atoms with Gasteiger partial charge in [-0.1, -0.05) is 12.1 Å². The fourth-order valence-electron chi connectivity index (χ4n) is 3.33. The van der Waals surface area contributed by atoms with Crippen molar-refractivity contribution in [2.45, 2.75) is 26.4 Å². The van der Waals surface area contributed by atoms with E-state index in [4.69, 9.17) is 9.47 Å². The van der Waals surface area contributed by atoms with Crippen LogP contribution in [0.3, 0.4) is 0 Å². The van der Waals surface area contributed by atoms with E-state index in [1.54, 1.807) is 24.3 Å². The lowest BCUT2D eigenvalue weighted by Crippen LogP contribution is -2.04. The average molecular weight is 480 g/mol. The molecule has 33 heavy (non-hydrogen) atoms. The lowest BCUT2D eigenvalue weighted by molar-refractivity contribution is -0.137. The standard InChI is InChI=1S/C24H24F3O5P/c1-15-9-20(31-14-33(3,29)30)10-16(2)21(15)11-17-7-8-22(28)23(12-17)32-19-6-4-5-18(13-19)24(25,26)27/h4-10,12-13,28H,11,14H2,1-3H3,(H,29,30). The second-order valence-electron chi connectivity index (χ2n) is 7.97. The van der Waals surface area contributed by atoms with Crippen LogP contribution in [0.25, 0.3) is 0 Å². The molecule has 0 aromatic heterocycles. The Morgan fingerprint density at radius 1 is 0.970 bits per heavy atom. The number of benzene rings is 3. The van der Waals surface area contributed by atoms with Gasteiger partial charge in [-0.15, -0.1) is 0 Å². The number of hydrogen-bond acceptors (Lipinski definition) is 4. The molecule has 2 N–H and O–H groups in total. The number of phenolic OH excluding ortho intramolecular Hbond substituents is 1. The molecule has 0 heterocycles. The molecule has 3 aromatic carbocycles. The van der Waals surface area contributed by atoms with Crippen molar-refractivity contribution in [3.8, 4) is 23.0 Å². The highest BCUT2D eigenvalue weighted by molar-refractivity contribution is 7.56. The molecule has 0 amide bonds. The number of aryl methyl sites for hydroxylation is 2. The van der Waals surface area contributed by atoms with Crippen LogP contribution in [0.4, 0.5) is 13.2 Å². The van der Waals surface area contributed by atoms with Gasteiger partial charge in [0.05, 0.1) is 5.56 Å². The molecule has 0 radical (unpaired) electrons. The van der Waals surface area contributed by atoms with Gasteiger partial charge in [0.25, 0.3) is 0 Å². The summed E-state index contributed by atoms with van der Waals surface area (Å²) in [5.74, 6) is 0.303. The van der Waals surface area contributed by atoms with E-state index in [-0.39, 0.29) is 23.6 Å². The van der Waals surface area contributed by atoms with E-state index in [9.17, 15) is 27.7 Å². The zero-order chi connectivity index (χ0) is 24.4. The number of phenols is 1. The van der Waals surface area contributed by atoms with E-state index < -0.39 is 19.1 Å². The van der Waals surface area contributed by atoms with Gasteiger partial charge in [-0.2, -0.15) is 13.2 Å². The summed E-state index contributed by atoms with van der Waals surface area (Å²) >= 11 is 0. The van der Waals surface area contributed by atoms with Crippen molar-refractivity contribution < 1.29 is 37.2 Å². The molecule has 0 spiro atoms.